The number of carbonyl (C=O) groups excluding carboxylic acids is 1. The van der Waals surface area contributed by atoms with E-state index in [0.717, 1.165) is 16.9 Å². The Morgan fingerprint density at radius 1 is 1.12 bits per heavy atom. The number of rotatable bonds is 9. The van der Waals surface area contributed by atoms with E-state index in [1.807, 2.05) is 54.6 Å². The minimum Gasteiger partial charge on any atom is -0.497 e. The number of thioether (sulfide) groups is 1. The number of aliphatic carboxylic acids is 1. The number of alkyl carbamates (subject to hydrolysis) is 1. The van der Waals surface area contributed by atoms with Crippen molar-refractivity contribution in [2.75, 3.05) is 12.9 Å². The molecule has 2 N–H and O–H groups in total. The van der Waals surface area contributed by atoms with Crippen LogP contribution in [0.1, 0.15) is 11.1 Å². The monoisotopic (exact) mass is 375 g/mol. The van der Waals surface area contributed by atoms with E-state index in [4.69, 9.17) is 9.47 Å². The van der Waals surface area contributed by atoms with Crippen molar-refractivity contribution >= 4 is 23.8 Å². The number of benzene rings is 2. The van der Waals surface area contributed by atoms with Crippen LogP contribution in [-0.2, 0) is 21.9 Å². The highest BCUT2D eigenvalue weighted by molar-refractivity contribution is 7.98. The van der Waals surface area contributed by atoms with Crippen LogP contribution in [0.2, 0.25) is 0 Å². The molecule has 2 aromatic rings. The van der Waals surface area contributed by atoms with Gasteiger partial charge in [0.15, 0.2) is 0 Å². The van der Waals surface area contributed by atoms with Gasteiger partial charge in [-0.15, -0.1) is 0 Å². The lowest BCUT2D eigenvalue weighted by atomic mass is 10.2. The predicted molar refractivity (Wildman–Crippen MR) is 100 cm³/mol. The normalized spacial score (nSPS) is 11.4. The summed E-state index contributed by atoms with van der Waals surface area (Å²) in [5, 5.41) is 11.7. The first-order valence-corrected chi connectivity index (χ1v) is 9.14. The third kappa shape index (κ3) is 6.68. The predicted octanol–water partition coefficient (Wildman–Crippen LogP) is 3.31. The van der Waals surface area contributed by atoms with Crippen LogP contribution in [0.4, 0.5) is 4.79 Å². The van der Waals surface area contributed by atoms with E-state index < -0.39 is 18.1 Å². The zero-order chi connectivity index (χ0) is 18.8. The van der Waals surface area contributed by atoms with Crippen LogP contribution in [0.25, 0.3) is 0 Å². The first-order valence-electron chi connectivity index (χ1n) is 7.99. The molecule has 138 valence electrons. The molecule has 2 rings (SSSR count). The van der Waals surface area contributed by atoms with Crippen LogP contribution >= 0.6 is 11.8 Å². The minimum atomic E-state index is -1.10. The fourth-order valence-electron chi connectivity index (χ4n) is 2.14. The first kappa shape index (κ1) is 19.7. The molecule has 6 nitrogen and oxygen atoms in total. The number of carboxylic acids is 1. The summed E-state index contributed by atoms with van der Waals surface area (Å²) in [6.45, 7) is 0.0932. The van der Waals surface area contributed by atoms with Crippen LogP contribution < -0.4 is 10.1 Å². The Labute approximate surface area is 156 Å². The van der Waals surface area contributed by atoms with Crippen molar-refractivity contribution in [3.05, 3.63) is 65.7 Å². The molecular formula is C19H21NO5S. The van der Waals surface area contributed by atoms with Crippen LogP contribution in [0.15, 0.2) is 54.6 Å². The van der Waals surface area contributed by atoms with Crippen LogP contribution in [0.3, 0.4) is 0 Å². The highest BCUT2D eigenvalue weighted by atomic mass is 32.2. The second-order valence-corrected chi connectivity index (χ2v) is 6.49. The fourth-order valence-corrected chi connectivity index (χ4v) is 3.13. The molecule has 1 unspecified atom stereocenters. The number of nitrogens with one attached hydrogen (secondary N) is 1. The molecule has 0 saturated heterocycles. The van der Waals surface area contributed by atoms with E-state index in [9.17, 15) is 14.7 Å². The summed E-state index contributed by atoms with van der Waals surface area (Å²) in [6, 6.07) is 15.7. The van der Waals surface area contributed by atoms with Crippen LogP contribution in [-0.4, -0.2) is 36.1 Å². The summed E-state index contributed by atoms with van der Waals surface area (Å²) in [6.07, 6.45) is -0.747. The van der Waals surface area contributed by atoms with Gasteiger partial charge in [-0.25, -0.2) is 9.59 Å². The van der Waals surface area contributed by atoms with Crippen LogP contribution in [0.5, 0.6) is 5.75 Å². The van der Waals surface area contributed by atoms with Crippen molar-refractivity contribution in [2.24, 2.45) is 0 Å². The molecule has 0 aliphatic heterocycles. The lowest BCUT2D eigenvalue weighted by Gasteiger charge is -2.14. The lowest BCUT2D eigenvalue weighted by molar-refractivity contribution is -0.138. The molecule has 26 heavy (non-hydrogen) atoms. The van der Waals surface area contributed by atoms with Gasteiger partial charge in [-0.3, -0.25) is 0 Å². The van der Waals surface area contributed by atoms with Gasteiger partial charge in [0.25, 0.3) is 0 Å². The summed E-state index contributed by atoms with van der Waals surface area (Å²) in [5.41, 5.74) is 1.85. The lowest BCUT2D eigenvalue weighted by Crippen LogP contribution is -2.42. The van der Waals surface area contributed by atoms with Crippen molar-refractivity contribution in [3.63, 3.8) is 0 Å². The molecule has 0 aromatic heterocycles. The zero-order valence-corrected chi connectivity index (χ0v) is 15.2. The van der Waals surface area contributed by atoms with Gasteiger partial charge in [0.05, 0.1) is 7.11 Å². The van der Waals surface area contributed by atoms with E-state index in [-0.39, 0.29) is 12.4 Å². The second kappa shape index (κ2) is 10.4. The third-order valence-electron chi connectivity index (χ3n) is 3.49. The molecule has 1 atom stereocenters. The van der Waals surface area contributed by atoms with Gasteiger partial charge in [0.1, 0.15) is 18.4 Å². The number of hydrogen-bond donors (Lipinski definition) is 2. The number of amides is 1. The molecule has 0 radical (unpaired) electrons. The van der Waals surface area contributed by atoms with E-state index in [0.29, 0.717) is 5.75 Å². The molecule has 1 amide bonds. The summed E-state index contributed by atoms with van der Waals surface area (Å²) < 4.78 is 10.2. The number of methoxy groups -OCH3 is 1. The van der Waals surface area contributed by atoms with E-state index in [2.05, 4.69) is 5.32 Å². The number of hydrogen-bond acceptors (Lipinski definition) is 5. The Morgan fingerprint density at radius 2 is 1.85 bits per heavy atom. The summed E-state index contributed by atoms with van der Waals surface area (Å²) >= 11 is 1.41. The van der Waals surface area contributed by atoms with Gasteiger partial charge in [0.2, 0.25) is 0 Å². The zero-order valence-electron chi connectivity index (χ0n) is 14.4. The van der Waals surface area contributed by atoms with Gasteiger partial charge in [0, 0.05) is 11.5 Å². The smallest absolute Gasteiger partial charge is 0.408 e. The molecule has 0 fully saturated rings. The fraction of sp³-hybridized carbons (Fsp3) is 0.263. The van der Waals surface area contributed by atoms with Gasteiger partial charge in [-0.2, -0.15) is 11.8 Å². The maximum Gasteiger partial charge on any atom is 0.408 e. The average molecular weight is 375 g/mol. The number of carboxylic acid groups (broad SMARTS) is 1. The third-order valence-corrected chi connectivity index (χ3v) is 4.60. The summed E-state index contributed by atoms with van der Waals surface area (Å²) in [7, 11) is 1.59. The molecule has 0 aliphatic carbocycles. The standard InChI is InChI=1S/C19H21NO5S/c1-24-16-9-5-8-15(10-16)12-26-13-17(18(21)22)20-19(23)25-11-14-6-3-2-4-7-14/h2-10,17H,11-13H2,1H3,(H,20,23)(H,21,22). The minimum absolute atomic E-state index is 0.0932. The number of ether oxygens (including phenoxy) is 2. The molecule has 0 bridgehead atoms. The van der Waals surface area contributed by atoms with Gasteiger partial charge < -0.3 is 19.9 Å². The Morgan fingerprint density at radius 3 is 2.54 bits per heavy atom. The summed E-state index contributed by atoms with van der Waals surface area (Å²) in [4.78, 5) is 23.2. The maximum atomic E-state index is 11.8. The Hall–Kier alpha value is -2.67. The highest BCUT2D eigenvalue weighted by Gasteiger charge is 2.20. The molecule has 0 spiro atoms. The number of carbonyl (C=O) groups is 2. The Kier molecular flexibility index (Phi) is 7.82. The van der Waals surface area contributed by atoms with Gasteiger partial charge in [-0.05, 0) is 23.3 Å². The largest absolute Gasteiger partial charge is 0.497 e. The van der Waals surface area contributed by atoms with E-state index in [1.165, 1.54) is 11.8 Å². The quantitative estimate of drug-likeness (QED) is 0.699. The van der Waals surface area contributed by atoms with Crippen LogP contribution in [0, 0.1) is 0 Å². The highest BCUT2D eigenvalue weighted by Crippen LogP contribution is 2.18. The molecule has 0 saturated carbocycles. The Bertz CT molecular complexity index is 723. The Balaban J connectivity index is 1.78. The van der Waals surface area contributed by atoms with Crippen molar-refractivity contribution in [3.8, 4) is 5.75 Å². The average Bonchev–Trinajstić information content (AvgIpc) is 2.66. The van der Waals surface area contributed by atoms with Crippen molar-refractivity contribution in [1.82, 2.24) is 5.32 Å². The topological polar surface area (TPSA) is 84.9 Å². The summed E-state index contributed by atoms with van der Waals surface area (Å²) in [5.74, 6) is 0.495. The van der Waals surface area contributed by atoms with Crippen molar-refractivity contribution in [2.45, 2.75) is 18.4 Å². The van der Waals surface area contributed by atoms with Crippen molar-refractivity contribution < 1.29 is 24.2 Å². The van der Waals surface area contributed by atoms with E-state index >= 15 is 0 Å². The molecule has 2 aromatic carbocycles. The molecule has 0 heterocycles. The SMILES string of the molecule is COc1cccc(CSCC(NC(=O)OCc2ccccc2)C(=O)O)c1. The molecule has 7 heteroatoms. The van der Waals surface area contributed by atoms with Crippen molar-refractivity contribution in [1.29, 1.82) is 0 Å². The molecular weight excluding hydrogens is 354 g/mol. The van der Waals surface area contributed by atoms with Gasteiger partial charge in [-0.1, -0.05) is 42.5 Å². The van der Waals surface area contributed by atoms with Gasteiger partial charge >= 0.3 is 12.1 Å². The van der Waals surface area contributed by atoms with E-state index in [1.54, 1.807) is 7.11 Å². The first-order chi connectivity index (χ1) is 12.6. The maximum absolute atomic E-state index is 11.8. The molecule has 0 aliphatic rings. The second-order valence-electron chi connectivity index (χ2n) is 5.46.